The summed E-state index contributed by atoms with van der Waals surface area (Å²) in [4.78, 5) is 0. The molecule has 0 aromatic heterocycles. The number of rotatable bonds is 1. The van der Waals surface area contributed by atoms with Gasteiger partial charge in [0, 0.05) is 0 Å². The van der Waals surface area contributed by atoms with Gasteiger partial charge in [0.15, 0.2) is 5.92 Å². The van der Waals surface area contributed by atoms with Crippen molar-refractivity contribution in [1.29, 1.82) is 15.8 Å². The lowest BCUT2D eigenvalue weighted by molar-refractivity contribution is 0.591. The summed E-state index contributed by atoms with van der Waals surface area (Å²) in [6.07, 6.45) is 0. The molecule has 3 nitrogen and oxygen atoms in total. The Morgan fingerprint density at radius 3 is 1.60 bits per heavy atom. The molecule has 0 saturated carbocycles. The van der Waals surface area contributed by atoms with E-state index in [9.17, 15) is 15.8 Å². The lowest BCUT2D eigenvalue weighted by Gasteiger charge is -2.24. The first-order valence-corrected chi connectivity index (χ1v) is 6.19. The predicted molar refractivity (Wildman–Crippen MR) is 73.0 cm³/mol. The van der Waals surface area contributed by atoms with E-state index in [1.807, 2.05) is 60.7 Å². The normalized spacial score (nSPS) is 13.7. The van der Waals surface area contributed by atoms with Crippen molar-refractivity contribution in [2.45, 2.75) is 5.41 Å². The summed E-state index contributed by atoms with van der Waals surface area (Å²) in [6, 6.07) is 21.2. The van der Waals surface area contributed by atoms with Crippen LogP contribution in [0.1, 0.15) is 11.1 Å². The van der Waals surface area contributed by atoms with Gasteiger partial charge < -0.3 is 0 Å². The smallest absolute Gasteiger partial charge is 0.160 e. The van der Waals surface area contributed by atoms with Gasteiger partial charge >= 0.3 is 0 Å². The summed E-state index contributed by atoms with van der Waals surface area (Å²) >= 11 is 0. The number of nitriles is 3. The fourth-order valence-electron chi connectivity index (χ4n) is 2.99. The molecule has 3 rings (SSSR count). The van der Waals surface area contributed by atoms with Gasteiger partial charge in [0.1, 0.15) is 5.41 Å². The van der Waals surface area contributed by atoms with Crippen LogP contribution in [-0.2, 0) is 5.41 Å². The molecule has 0 saturated heterocycles. The van der Waals surface area contributed by atoms with Crippen LogP contribution in [0.2, 0.25) is 0 Å². The van der Waals surface area contributed by atoms with Crippen LogP contribution < -0.4 is 0 Å². The van der Waals surface area contributed by atoms with Crippen molar-refractivity contribution < 1.29 is 0 Å². The van der Waals surface area contributed by atoms with Gasteiger partial charge in [-0.2, -0.15) is 15.8 Å². The van der Waals surface area contributed by atoms with Crippen LogP contribution in [0.3, 0.4) is 0 Å². The summed E-state index contributed by atoms with van der Waals surface area (Å²) in [5.41, 5.74) is 2.16. The highest BCUT2D eigenvalue weighted by atomic mass is 14.5. The molecule has 0 unspecified atom stereocenters. The molecule has 1 aliphatic rings. The first-order valence-electron chi connectivity index (χ1n) is 6.19. The highest BCUT2D eigenvalue weighted by Crippen LogP contribution is 2.51. The minimum Gasteiger partial charge on any atom is -0.197 e. The second kappa shape index (κ2) is 4.23. The number of nitrogens with zero attached hydrogens (tertiary/aromatic N) is 3. The Morgan fingerprint density at radius 2 is 1.20 bits per heavy atom. The molecule has 0 bridgehead atoms. The zero-order valence-corrected chi connectivity index (χ0v) is 10.5. The van der Waals surface area contributed by atoms with Crippen LogP contribution in [0.25, 0.3) is 11.1 Å². The van der Waals surface area contributed by atoms with Crippen LogP contribution in [0.5, 0.6) is 0 Å². The van der Waals surface area contributed by atoms with Gasteiger partial charge in [-0.3, -0.25) is 0 Å². The summed E-state index contributed by atoms with van der Waals surface area (Å²) in [6.45, 7) is 0. The van der Waals surface area contributed by atoms with Gasteiger partial charge in [-0.25, -0.2) is 0 Å². The van der Waals surface area contributed by atoms with Crippen molar-refractivity contribution in [2.24, 2.45) is 5.92 Å². The molecule has 3 heteroatoms. The lowest BCUT2D eigenvalue weighted by atomic mass is 9.70. The molecular formula is C17H9N3. The summed E-state index contributed by atoms with van der Waals surface area (Å²) < 4.78 is 0. The molecule has 92 valence electrons. The first-order chi connectivity index (χ1) is 9.79. The molecule has 20 heavy (non-hydrogen) atoms. The summed E-state index contributed by atoms with van der Waals surface area (Å²) in [5.74, 6) is -1.03. The third-order valence-corrected chi connectivity index (χ3v) is 3.86. The van der Waals surface area contributed by atoms with E-state index in [1.54, 1.807) is 0 Å². The van der Waals surface area contributed by atoms with Crippen molar-refractivity contribution in [2.75, 3.05) is 0 Å². The molecule has 0 radical (unpaired) electrons. The number of fused-ring (bicyclic) bond motifs is 3. The molecule has 2 aromatic carbocycles. The quantitative estimate of drug-likeness (QED) is 0.785. The van der Waals surface area contributed by atoms with Gasteiger partial charge in [0.05, 0.1) is 18.2 Å². The molecule has 0 heterocycles. The van der Waals surface area contributed by atoms with Crippen molar-refractivity contribution >= 4 is 0 Å². The minimum atomic E-state index is -1.20. The van der Waals surface area contributed by atoms with E-state index in [4.69, 9.17) is 0 Å². The van der Waals surface area contributed by atoms with Gasteiger partial charge in [-0.05, 0) is 22.3 Å². The average Bonchev–Trinajstić information content (AvgIpc) is 2.81. The molecule has 0 aliphatic heterocycles. The zero-order chi connectivity index (χ0) is 14.2. The maximum atomic E-state index is 9.79. The Labute approximate surface area is 116 Å². The average molecular weight is 255 g/mol. The number of hydrogen-bond acceptors (Lipinski definition) is 3. The predicted octanol–water partition coefficient (Wildman–Crippen LogP) is 3.14. The van der Waals surface area contributed by atoms with E-state index in [1.165, 1.54) is 0 Å². The molecule has 0 atom stereocenters. The summed E-state index contributed by atoms with van der Waals surface area (Å²) in [7, 11) is 0. The molecule has 0 amide bonds. The lowest BCUT2D eigenvalue weighted by Crippen LogP contribution is -2.31. The Bertz CT molecular complexity index is 756. The van der Waals surface area contributed by atoms with E-state index in [-0.39, 0.29) is 0 Å². The van der Waals surface area contributed by atoms with E-state index < -0.39 is 11.3 Å². The van der Waals surface area contributed by atoms with Crippen LogP contribution in [0, 0.1) is 39.9 Å². The third-order valence-electron chi connectivity index (χ3n) is 3.86. The molecule has 2 aromatic rings. The maximum Gasteiger partial charge on any atom is 0.160 e. The van der Waals surface area contributed by atoms with Crippen LogP contribution in [0.15, 0.2) is 48.5 Å². The topological polar surface area (TPSA) is 71.4 Å². The van der Waals surface area contributed by atoms with Crippen molar-refractivity contribution in [3.8, 4) is 29.3 Å². The van der Waals surface area contributed by atoms with E-state index in [2.05, 4.69) is 6.07 Å². The molecule has 0 N–H and O–H groups in total. The fourth-order valence-corrected chi connectivity index (χ4v) is 2.99. The van der Waals surface area contributed by atoms with E-state index >= 15 is 0 Å². The second-order valence-corrected chi connectivity index (χ2v) is 4.70. The zero-order valence-electron chi connectivity index (χ0n) is 10.5. The van der Waals surface area contributed by atoms with Crippen molar-refractivity contribution in [1.82, 2.24) is 0 Å². The molecular weight excluding hydrogens is 246 g/mol. The number of hydrogen-bond donors (Lipinski definition) is 0. The molecule has 0 spiro atoms. The Hall–Kier alpha value is -3.09. The van der Waals surface area contributed by atoms with Crippen molar-refractivity contribution in [3.05, 3.63) is 59.7 Å². The van der Waals surface area contributed by atoms with Gasteiger partial charge in [0.25, 0.3) is 0 Å². The van der Waals surface area contributed by atoms with E-state index in [0.29, 0.717) is 0 Å². The largest absolute Gasteiger partial charge is 0.197 e. The maximum absolute atomic E-state index is 9.79. The minimum absolute atomic E-state index is 0.747. The second-order valence-electron chi connectivity index (χ2n) is 4.70. The Morgan fingerprint density at radius 1 is 0.750 bits per heavy atom. The first kappa shape index (κ1) is 12.0. The third kappa shape index (κ3) is 1.26. The van der Waals surface area contributed by atoms with Crippen LogP contribution in [0.4, 0.5) is 0 Å². The standard InChI is InChI=1S/C17H9N3/c18-9-12(10-19)17(11-20)15-7-3-1-5-13(15)14-6-2-4-8-16(14)17/h1-8,12H. The van der Waals surface area contributed by atoms with E-state index in [0.717, 1.165) is 22.3 Å². The van der Waals surface area contributed by atoms with Gasteiger partial charge in [-0.1, -0.05) is 48.5 Å². The Balaban J connectivity index is 2.46. The highest BCUT2D eigenvalue weighted by molar-refractivity contribution is 5.83. The number of benzene rings is 2. The van der Waals surface area contributed by atoms with Crippen molar-refractivity contribution in [3.63, 3.8) is 0 Å². The highest BCUT2D eigenvalue weighted by Gasteiger charge is 2.50. The molecule has 0 fully saturated rings. The monoisotopic (exact) mass is 255 g/mol. The van der Waals surface area contributed by atoms with Gasteiger partial charge in [0.2, 0.25) is 0 Å². The molecule has 1 aliphatic carbocycles. The SMILES string of the molecule is N#CC(C#N)C1(C#N)c2ccccc2-c2ccccc21. The van der Waals surface area contributed by atoms with Gasteiger partial charge in [-0.15, -0.1) is 0 Å². The van der Waals surface area contributed by atoms with Crippen LogP contribution in [-0.4, -0.2) is 0 Å². The van der Waals surface area contributed by atoms with Crippen LogP contribution >= 0.6 is 0 Å². The summed E-state index contributed by atoms with van der Waals surface area (Å²) in [5, 5.41) is 28.4. The Kier molecular flexibility index (Phi) is 2.53. The fraction of sp³-hybridized carbons (Fsp3) is 0.118.